The first-order valence-electron chi connectivity index (χ1n) is 6.45. The zero-order valence-corrected chi connectivity index (χ0v) is 12.1. The number of benzene rings is 1. The summed E-state index contributed by atoms with van der Waals surface area (Å²) < 4.78 is 27.7. The van der Waals surface area contributed by atoms with Crippen molar-refractivity contribution in [2.45, 2.75) is 45.2 Å². The van der Waals surface area contributed by atoms with E-state index in [4.69, 9.17) is 0 Å². The van der Waals surface area contributed by atoms with Crippen LogP contribution in [0, 0.1) is 17.6 Å². The van der Waals surface area contributed by atoms with Gasteiger partial charge in [0.25, 0.3) is 0 Å². The maximum Gasteiger partial charge on any atom is 0.144 e. The molecule has 1 nitrogen and oxygen atoms in total. The number of rotatable bonds is 3. The van der Waals surface area contributed by atoms with Crippen LogP contribution >= 0.6 is 15.9 Å². The number of nitrogens with one attached hydrogen (secondary N) is 1. The maximum absolute atomic E-state index is 13.8. The monoisotopic (exact) mass is 317 g/mol. The molecule has 1 aliphatic carbocycles. The van der Waals surface area contributed by atoms with Crippen LogP contribution in [0.3, 0.4) is 0 Å². The Kier molecular flexibility index (Phi) is 4.73. The van der Waals surface area contributed by atoms with Crippen LogP contribution in [0.1, 0.15) is 38.2 Å². The average molecular weight is 318 g/mol. The minimum Gasteiger partial charge on any atom is -0.309 e. The van der Waals surface area contributed by atoms with Gasteiger partial charge in [0.1, 0.15) is 11.6 Å². The van der Waals surface area contributed by atoms with Gasteiger partial charge in [0.2, 0.25) is 0 Å². The molecule has 0 aliphatic heterocycles. The molecule has 4 heteroatoms. The molecule has 1 aromatic carbocycles. The predicted molar refractivity (Wildman–Crippen MR) is 72.3 cm³/mol. The topological polar surface area (TPSA) is 12.0 Å². The Morgan fingerprint density at radius 3 is 2.72 bits per heavy atom. The van der Waals surface area contributed by atoms with Gasteiger partial charge in [-0.3, -0.25) is 0 Å². The van der Waals surface area contributed by atoms with Crippen molar-refractivity contribution in [2.75, 3.05) is 0 Å². The van der Waals surface area contributed by atoms with Crippen molar-refractivity contribution in [1.29, 1.82) is 0 Å². The molecule has 0 amide bonds. The van der Waals surface area contributed by atoms with E-state index >= 15 is 0 Å². The third-order valence-corrected chi connectivity index (χ3v) is 4.40. The fourth-order valence-electron chi connectivity index (χ4n) is 2.58. The molecule has 0 aromatic heterocycles. The van der Waals surface area contributed by atoms with Gasteiger partial charge in [-0.1, -0.05) is 19.8 Å². The van der Waals surface area contributed by atoms with Crippen LogP contribution in [0.4, 0.5) is 8.78 Å². The van der Waals surface area contributed by atoms with Crippen LogP contribution < -0.4 is 5.32 Å². The molecular weight excluding hydrogens is 300 g/mol. The lowest BCUT2D eigenvalue weighted by atomic mass is 9.86. The van der Waals surface area contributed by atoms with Gasteiger partial charge in [0.05, 0.1) is 4.47 Å². The molecule has 18 heavy (non-hydrogen) atoms. The van der Waals surface area contributed by atoms with Crippen LogP contribution in [-0.2, 0) is 6.54 Å². The SMILES string of the molecule is CC1CCCCC1NCc1c(F)ccc(Br)c1F. The van der Waals surface area contributed by atoms with E-state index in [1.165, 1.54) is 31.4 Å². The Morgan fingerprint density at radius 1 is 1.28 bits per heavy atom. The van der Waals surface area contributed by atoms with Crippen molar-refractivity contribution < 1.29 is 8.78 Å². The highest BCUT2D eigenvalue weighted by Crippen LogP contribution is 2.25. The Hall–Kier alpha value is -0.480. The van der Waals surface area contributed by atoms with E-state index in [2.05, 4.69) is 28.2 Å². The summed E-state index contributed by atoms with van der Waals surface area (Å²) in [5.74, 6) is -0.394. The minimum atomic E-state index is -0.494. The Balaban J connectivity index is 2.03. The Labute approximate surface area is 115 Å². The van der Waals surface area contributed by atoms with E-state index < -0.39 is 11.6 Å². The predicted octanol–water partition coefficient (Wildman–Crippen LogP) is 4.40. The lowest BCUT2D eigenvalue weighted by Gasteiger charge is -2.29. The number of hydrogen-bond donors (Lipinski definition) is 1. The molecule has 2 rings (SSSR count). The molecule has 0 radical (unpaired) electrons. The summed E-state index contributed by atoms with van der Waals surface area (Å²) in [6.45, 7) is 2.45. The molecule has 1 aromatic rings. The van der Waals surface area contributed by atoms with Crippen molar-refractivity contribution in [3.05, 3.63) is 33.8 Å². The van der Waals surface area contributed by atoms with Gasteiger partial charge in [0.15, 0.2) is 0 Å². The fourth-order valence-corrected chi connectivity index (χ4v) is 2.96. The lowest BCUT2D eigenvalue weighted by molar-refractivity contribution is 0.277. The molecule has 0 heterocycles. The molecule has 1 saturated carbocycles. The van der Waals surface area contributed by atoms with Crippen LogP contribution in [0.25, 0.3) is 0 Å². The first-order valence-corrected chi connectivity index (χ1v) is 7.24. The molecule has 0 saturated heterocycles. The van der Waals surface area contributed by atoms with E-state index in [0.29, 0.717) is 16.4 Å². The molecule has 2 unspecified atom stereocenters. The maximum atomic E-state index is 13.8. The van der Waals surface area contributed by atoms with Crippen molar-refractivity contribution in [3.8, 4) is 0 Å². The summed E-state index contributed by atoms with van der Waals surface area (Å²) in [5, 5.41) is 3.30. The van der Waals surface area contributed by atoms with E-state index in [-0.39, 0.29) is 12.1 Å². The van der Waals surface area contributed by atoms with Gasteiger partial charge >= 0.3 is 0 Å². The fraction of sp³-hybridized carbons (Fsp3) is 0.571. The summed E-state index contributed by atoms with van der Waals surface area (Å²) in [4.78, 5) is 0. The first-order chi connectivity index (χ1) is 8.59. The quantitative estimate of drug-likeness (QED) is 0.815. The Bertz CT molecular complexity index is 423. The van der Waals surface area contributed by atoms with Crippen LogP contribution in [0.5, 0.6) is 0 Å². The second-order valence-corrected chi connectivity index (χ2v) is 5.93. The first kappa shape index (κ1) is 13.9. The molecule has 1 aliphatic rings. The number of halogens is 3. The highest BCUT2D eigenvalue weighted by molar-refractivity contribution is 9.10. The van der Waals surface area contributed by atoms with E-state index in [1.807, 2.05) is 0 Å². The zero-order chi connectivity index (χ0) is 13.1. The van der Waals surface area contributed by atoms with E-state index in [0.717, 1.165) is 6.42 Å². The third-order valence-electron chi connectivity index (χ3n) is 3.79. The minimum absolute atomic E-state index is 0.127. The smallest absolute Gasteiger partial charge is 0.144 e. The second-order valence-electron chi connectivity index (χ2n) is 5.07. The highest BCUT2D eigenvalue weighted by atomic mass is 79.9. The van der Waals surface area contributed by atoms with Gasteiger partial charge in [-0.25, -0.2) is 8.78 Å². The van der Waals surface area contributed by atoms with E-state index in [9.17, 15) is 8.78 Å². The summed E-state index contributed by atoms with van der Waals surface area (Å²) in [6.07, 6.45) is 4.75. The summed E-state index contributed by atoms with van der Waals surface area (Å²) in [7, 11) is 0. The van der Waals surface area contributed by atoms with Crippen molar-refractivity contribution in [1.82, 2.24) is 5.32 Å². The molecule has 0 spiro atoms. The molecule has 1 fully saturated rings. The Morgan fingerprint density at radius 2 is 2.00 bits per heavy atom. The third kappa shape index (κ3) is 3.09. The summed E-state index contributed by atoms with van der Waals surface area (Å²) in [6, 6.07) is 3.07. The van der Waals surface area contributed by atoms with Crippen LogP contribution in [-0.4, -0.2) is 6.04 Å². The standard InChI is InChI=1S/C14H18BrF2N/c1-9-4-2-3-5-13(9)18-8-10-12(16)7-6-11(15)14(10)17/h6-7,9,13,18H,2-5,8H2,1H3. The summed E-state index contributed by atoms with van der Waals surface area (Å²) >= 11 is 3.09. The summed E-state index contributed by atoms with van der Waals surface area (Å²) in [5.41, 5.74) is 0.127. The molecular formula is C14H18BrF2N. The highest BCUT2D eigenvalue weighted by Gasteiger charge is 2.21. The van der Waals surface area contributed by atoms with Crippen LogP contribution in [0.15, 0.2) is 16.6 Å². The molecule has 2 atom stereocenters. The lowest BCUT2D eigenvalue weighted by Crippen LogP contribution is -2.37. The largest absolute Gasteiger partial charge is 0.309 e. The normalized spacial score (nSPS) is 24.2. The molecule has 100 valence electrons. The van der Waals surface area contributed by atoms with Gasteiger partial charge in [-0.05, 0) is 46.8 Å². The molecule has 1 N–H and O–H groups in total. The zero-order valence-electron chi connectivity index (χ0n) is 10.5. The second kappa shape index (κ2) is 6.11. The number of hydrogen-bond acceptors (Lipinski definition) is 1. The molecule has 0 bridgehead atoms. The van der Waals surface area contributed by atoms with Gasteiger partial charge < -0.3 is 5.32 Å². The van der Waals surface area contributed by atoms with Gasteiger partial charge in [-0.2, -0.15) is 0 Å². The van der Waals surface area contributed by atoms with E-state index in [1.54, 1.807) is 0 Å². The van der Waals surface area contributed by atoms with Gasteiger partial charge in [-0.15, -0.1) is 0 Å². The van der Waals surface area contributed by atoms with Gasteiger partial charge in [0, 0.05) is 18.2 Å². The van der Waals surface area contributed by atoms with Crippen molar-refractivity contribution in [2.24, 2.45) is 5.92 Å². The van der Waals surface area contributed by atoms with Crippen molar-refractivity contribution in [3.63, 3.8) is 0 Å². The van der Waals surface area contributed by atoms with Crippen molar-refractivity contribution >= 4 is 15.9 Å². The van der Waals surface area contributed by atoms with Crippen LogP contribution in [0.2, 0.25) is 0 Å². The average Bonchev–Trinajstić information content (AvgIpc) is 2.36.